The van der Waals surface area contributed by atoms with Crippen LogP contribution >= 0.6 is 0 Å². The van der Waals surface area contributed by atoms with E-state index in [0.717, 1.165) is 97.2 Å². The molecule has 4 aliphatic heterocycles. The number of likely N-dealkylation sites (tertiary alicyclic amines) is 2. The standard InChI is InChI=1S/C22H30N2O5.C21H28N2O4/c1-27-20-7-6-15(12-21(20)28-17-4-2-3-5-17)19-13-18(29-23-19)14-22(26)24-10-8-16(25)9-11-24;1-25-19-9-8-15(12-20(19)26-16-6-2-3-7-16)18-13-17(27-22-18)14-21(24)23-10-4-5-11-23/h6-7,12,16-18,25H,2-5,8-11,13-14H2,1H3;8-9,12,16-17H,2-7,10-11,13-14H2,1H3. The first-order chi connectivity index (χ1) is 27.3. The summed E-state index contributed by atoms with van der Waals surface area (Å²) in [5, 5.41) is 18.1. The van der Waals surface area contributed by atoms with Gasteiger partial charge in [-0.2, -0.15) is 0 Å². The fraction of sp³-hybridized carbons (Fsp3) is 0.628. The van der Waals surface area contributed by atoms with E-state index in [-0.39, 0.29) is 42.3 Å². The second-order valence-corrected chi connectivity index (χ2v) is 15.8. The van der Waals surface area contributed by atoms with Gasteiger partial charge in [0.1, 0.15) is 12.2 Å². The number of hydrogen-bond donors (Lipinski definition) is 1. The number of oxime groups is 2. The summed E-state index contributed by atoms with van der Waals surface area (Å²) in [4.78, 5) is 39.7. The summed E-state index contributed by atoms with van der Waals surface area (Å²) >= 11 is 0. The van der Waals surface area contributed by atoms with E-state index in [0.29, 0.717) is 51.6 Å². The summed E-state index contributed by atoms with van der Waals surface area (Å²) in [6.07, 6.45) is 14.5. The van der Waals surface area contributed by atoms with Gasteiger partial charge in [-0.15, -0.1) is 0 Å². The van der Waals surface area contributed by atoms with E-state index in [1.807, 2.05) is 46.2 Å². The molecule has 0 aromatic heterocycles. The first-order valence-corrected chi connectivity index (χ1v) is 20.7. The molecule has 2 aliphatic carbocycles. The molecule has 13 nitrogen and oxygen atoms in total. The van der Waals surface area contributed by atoms with Crippen molar-refractivity contribution in [2.75, 3.05) is 40.4 Å². The predicted molar refractivity (Wildman–Crippen MR) is 211 cm³/mol. The van der Waals surface area contributed by atoms with Gasteiger partial charge in [-0.3, -0.25) is 9.59 Å². The number of nitrogens with zero attached hydrogens (tertiary/aromatic N) is 4. The Balaban J connectivity index is 0.000000172. The van der Waals surface area contributed by atoms with Crippen LogP contribution in [0.2, 0.25) is 0 Å². The van der Waals surface area contributed by atoms with Crippen molar-refractivity contribution in [3.05, 3.63) is 47.5 Å². The molecule has 2 saturated carbocycles. The van der Waals surface area contributed by atoms with Crippen molar-refractivity contribution < 1.29 is 43.3 Å². The smallest absolute Gasteiger partial charge is 0.226 e. The van der Waals surface area contributed by atoms with Crippen molar-refractivity contribution in [3.8, 4) is 23.0 Å². The van der Waals surface area contributed by atoms with Crippen LogP contribution in [0.4, 0.5) is 0 Å². The van der Waals surface area contributed by atoms with Crippen molar-refractivity contribution in [1.29, 1.82) is 0 Å². The fourth-order valence-corrected chi connectivity index (χ4v) is 8.41. The quantitative estimate of drug-likeness (QED) is 0.259. The lowest BCUT2D eigenvalue weighted by Gasteiger charge is -2.30. The molecular formula is C43H58N4O9. The molecule has 2 aromatic carbocycles. The van der Waals surface area contributed by atoms with Gasteiger partial charge in [-0.05, 0) is 113 Å². The molecule has 4 fully saturated rings. The first-order valence-electron chi connectivity index (χ1n) is 20.7. The van der Waals surface area contributed by atoms with E-state index < -0.39 is 0 Å². The molecule has 56 heavy (non-hydrogen) atoms. The third-order valence-corrected chi connectivity index (χ3v) is 11.7. The van der Waals surface area contributed by atoms with E-state index in [4.69, 9.17) is 28.6 Å². The highest BCUT2D eigenvalue weighted by Gasteiger charge is 2.31. The molecule has 2 aromatic rings. The molecule has 2 unspecified atom stereocenters. The number of aliphatic hydroxyl groups is 1. The summed E-state index contributed by atoms with van der Waals surface area (Å²) in [6, 6.07) is 11.7. The third-order valence-electron chi connectivity index (χ3n) is 11.7. The van der Waals surface area contributed by atoms with Gasteiger partial charge in [0.05, 0.1) is 56.8 Å². The number of methoxy groups -OCH3 is 2. The van der Waals surface area contributed by atoms with E-state index in [9.17, 15) is 14.7 Å². The first kappa shape index (κ1) is 39.7. The van der Waals surface area contributed by atoms with Gasteiger partial charge < -0.3 is 43.5 Å². The van der Waals surface area contributed by atoms with E-state index in [2.05, 4.69) is 10.3 Å². The maximum atomic E-state index is 12.5. The third kappa shape index (κ3) is 10.3. The van der Waals surface area contributed by atoms with Crippen LogP contribution in [0.1, 0.15) is 114 Å². The number of piperidine rings is 1. The number of benzene rings is 2. The second kappa shape index (κ2) is 19.1. The molecule has 0 bridgehead atoms. The molecule has 6 aliphatic rings. The van der Waals surface area contributed by atoms with Gasteiger partial charge in [0.2, 0.25) is 11.8 Å². The number of rotatable bonds is 12. The Kier molecular flexibility index (Phi) is 13.5. The van der Waals surface area contributed by atoms with Crippen LogP contribution in [0.3, 0.4) is 0 Å². The molecule has 8 rings (SSSR count). The maximum absolute atomic E-state index is 12.5. The number of ether oxygens (including phenoxy) is 4. The highest BCUT2D eigenvalue weighted by atomic mass is 16.6. The second-order valence-electron chi connectivity index (χ2n) is 15.8. The number of hydrogen-bond acceptors (Lipinski definition) is 11. The summed E-state index contributed by atoms with van der Waals surface area (Å²) in [5.41, 5.74) is 3.61. The molecular weight excluding hydrogens is 716 g/mol. The zero-order chi connectivity index (χ0) is 38.9. The zero-order valence-corrected chi connectivity index (χ0v) is 33.0. The molecule has 0 spiro atoms. The Bertz CT molecular complexity index is 1710. The normalized spacial score (nSPS) is 22.8. The largest absolute Gasteiger partial charge is 0.493 e. The molecule has 304 valence electrons. The molecule has 4 heterocycles. The van der Waals surface area contributed by atoms with Crippen LogP contribution in [0.25, 0.3) is 0 Å². The Morgan fingerprint density at radius 1 is 0.625 bits per heavy atom. The summed E-state index contributed by atoms with van der Waals surface area (Å²) in [7, 11) is 3.31. The average Bonchev–Trinajstić information content (AvgIpc) is 4.07. The van der Waals surface area contributed by atoms with E-state index in [1.165, 1.54) is 25.7 Å². The maximum Gasteiger partial charge on any atom is 0.226 e. The van der Waals surface area contributed by atoms with Gasteiger partial charge in [0.15, 0.2) is 23.0 Å². The number of aliphatic hydroxyl groups excluding tert-OH is 1. The molecule has 0 radical (unpaired) electrons. The van der Waals surface area contributed by atoms with Gasteiger partial charge in [-0.25, -0.2) is 0 Å². The highest BCUT2D eigenvalue weighted by Crippen LogP contribution is 2.35. The summed E-state index contributed by atoms with van der Waals surface area (Å²) in [5.74, 6) is 3.21. The fourth-order valence-electron chi connectivity index (χ4n) is 8.41. The van der Waals surface area contributed by atoms with Gasteiger partial charge in [0, 0.05) is 50.1 Å². The molecule has 1 N–H and O–H groups in total. The minimum absolute atomic E-state index is 0.0679. The van der Waals surface area contributed by atoms with Crippen molar-refractivity contribution >= 4 is 23.2 Å². The van der Waals surface area contributed by atoms with Crippen LogP contribution in [-0.2, 0) is 19.3 Å². The number of amides is 2. The van der Waals surface area contributed by atoms with E-state index in [1.54, 1.807) is 14.2 Å². The Morgan fingerprint density at radius 3 is 1.48 bits per heavy atom. The van der Waals surface area contributed by atoms with Crippen LogP contribution < -0.4 is 18.9 Å². The van der Waals surface area contributed by atoms with Gasteiger partial charge in [-0.1, -0.05) is 10.3 Å². The van der Waals surface area contributed by atoms with Crippen molar-refractivity contribution in [3.63, 3.8) is 0 Å². The highest BCUT2D eigenvalue weighted by molar-refractivity contribution is 6.02. The molecule has 2 amide bonds. The average molecular weight is 775 g/mol. The van der Waals surface area contributed by atoms with E-state index >= 15 is 0 Å². The van der Waals surface area contributed by atoms with Crippen LogP contribution in [0, 0.1) is 0 Å². The number of carbonyl (C=O) groups excluding carboxylic acids is 2. The SMILES string of the molecule is COc1ccc(C2=NOC(CC(=O)N3CCC(O)CC3)C2)cc1OC1CCCC1.COc1ccc(C2=NOC(CC(=O)N3CCCC3)C2)cc1OC1CCCC1. The predicted octanol–water partition coefficient (Wildman–Crippen LogP) is 6.41. The summed E-state index contributed by atoms with van der Waals surface area (Å²) < 4.78 is 23.3. The van der Waals surface area contributed by atoms with Crippen molar-refractivity contribution in [2.24, 2.45) is 10.3 Å². The monoisotopic (exact) mass is 774 g/mol. The minimum atomic E-state index is -0.285. The number of carbonyl (C=O) groups is 2. The lowest BCUT2D eigenvalue weighted by molar-refractivity contribution is -0.136. The Labute approximate surface area is 330 Å². The molecule has 2 saturated heterocycles. The van der Waals surface area contributed by atoms with Crippen LogP contribution in [0.5, 0.6) is 23.0 Å². The van der Waals surface area contributed by atoms with Crippen LogP contribution in [0.15, 0.2) is 46.7 Å². The molecule has 2 atom stereocenters. The molecule has 13 heteroatoms. The van der Waals surface area contributed by atoms with Gasteiger partial charge in [0.25, 0.3) is 0 Å². The summed E-state index contributed by atoms with van der Waals surface area (Å²) in [6.45, 7) is 2.97. The van der Waals surface area contributed by atoms with Crippen molar-refractivity contribution in [2.45, 2.75) is 133 Å². The Morgan fingerprint density at radius 2 is 1.05 bits per heavy atom. The minimum Gasteiger partial charge on any atom is -0.493 e. The van der Waals surface area contributed by atoms with Crippen LogP contribution in [-0.4, -0.2) is 109 Å². The lowest BCUT2D eigenvalue weighted by Crippen LogP contribution is -2.41. The van der Waals surface area contributed by atoms with Gasteiger partial charge >= 0.3 is 0 Å². The topological polar surface area (TPSA) is 141 Å². The zero-order valence-electron chi connectivity index (χ0n) is 33.0. The lowest BCUT2D eigenvalue weighted by atomic mass is 10.0. The van der Waals surface area contributed by atoms with Crippen molar-refractivity contribution in [1.82, 2.24) is 9.80 Å². The Hall–Kier alpha value is -4.52.